The maximum atomic E-state index is 12.9. The summed E-state index contributed by atoms with van der Waals surface area (Å²) >= 11 is 0. The third kappa shape index (κ3) is 5.89. The number of carbonyl (C=O) groups is 2. The molecule has 1 aliphatic rings. The standard InChI is InChI=1S/C22H28N4O4S/c1-26(19-7-3-2-4-8-19)31(29,30)20-11-9-17(10-12-20)21(27)24-14-15-25-22(28)18-6-5-13-23-16-18/h5-6,9-13,16,19H,2-4,7-8,14-15H2,1H3,(H,24,27)(H,25,28). The third-order valence-electron chi connectivity index (χ3n) is 5.50. The second kappa shape index (κ2) is 10.5. The Morgan fingerprint density at radius 2 is 1.58 bits per heavy atom. The molecular formula is C22H28N4O4S. The number of carbonyl (C=O) groups excluding carboxylic acids is 2. The van der Waals surface area contributed by atoms with Crippen LogP contribution >= 0.6 is 0 Å². The summed E-state index contributed by atoms with van der Waals surface area (Å²) in [4.78, 5) is 28.3. The molecule has 2 amide bonds. The van der Waals surface area contributed by atoms with Gasteiger partial charge in [-0.15, -0.1) is 0 Å². The Bertz CT molecular complexity index is 988. The molecular weight excluding hydrogens is 416 g/mol. The van der Waals surface area contributed by atoms with Crippen LogP contribution in [0.3, 0.4) is 0 Å². The van der Waals surface area contributed by atoms with Gasteiger partial charge in [-0.2, -0.15) is 4.31 Å². The number of hydrogen-bond donors (Lipinski definition) is 2. The molecule has 1 heterocycles. The van der Waals surface area contributed by atoms with Crippen molar-refractivity contribution in [2.45, 2.75) is 43.0 Å². The summed E-state index contributed by atoms with van der Waals surface area (Å²) in [6.07, 6.45) is 8.07. The largest absolute Gasteiger partial charge is 0.350 e. The number of rotatable bonds is 8. The monoisotopic (exact) mass is 444 g/mol. The summed E-state index contributed by atoms with van der Waals surface area (Å²) in [5.41, 5.74) is 0.807. The van der Waals surface area contributed by atoms with Gasteiger partial charge in [0, 0.05) is 44.1 Å². The summed E-state index contributed by atoms with van der Waals surface area (Å²) in [6.45, 7) is 0.507. The van der Waals surface area contributed by atoms with E-state index in [0.29, 0.717) is 11.1 Å². The van der Waals surface area contributed by atoms with E-state index >= 15 is 0 Å². The number of nitrogens with zero attached hydrogens (tertiary/aromatic N) is 2. The van der Waals surface area contributed by atoms with Crippen molar-refractivity contribution in [3.8, 4) is 0 Å². The second-order valence-corrected chi connectivity index (χ2v) is 9.59. The maximum absolute atomic E-state index is 12.9. The number of hydrogen-bond acceptors (Lipinski definition) is 5. The van der Waals surface area contributed by atoms with Crippen LogP contribution in [0.4, 0.5) is 0 Å². The Morgan fingerprint density at radius 3 is 2.16 bits per heavy atom. The van der Waals surface area contributed by atoms with Gasteiger partial charge in [-0.1, -0.05) is 19.3 Å². The van der Waals surface area contributed by atoms with Gasteiger partial charge in [0.05, 0.1) is 10.5 Å². The smallest absolute Gasteiger partial charge is 0.252 e. The Balaban J connectivity index is 1.51. The quantitative estimate of drug-likeness (QED) is 0.607. The Morgan fingerprint density at radius 1 is 0.968 bits per heavy atom. The van der Waals surface area contributed by atoms with Gasteiger partial charge in [-0.05, 0) is 49.2 Å². The third-order valence-corrected chi connectivity index (χ3v) is 7.43. The predicted octanol–water partition coefficient (Wildman–Crippen LogP) is 2.19. The van der Waals surface area contributed by atoms with Crippen molar-refractivity contribution in [3.63, 3.8) is 0 Å². The summed E-state index contributed by atoms with van der Waals surface area (Å²) in [7, 11) is -1.96. The summed E-state index contributed by atoms with van der Waals surface area (Å²) in [5, 5.41) is 5.41. The van der Waals surface area contributed by atoms with E-state index in [4.69, 9.17) is 0 Å². The van der Waals surface area contributed by atoms with Crippen LogP contribution in [0.5, 0.6) is 0 Å². The molecule has 1 aromatic heterocycles. The molecule has 2 N–H and O–H groups in total. The van der Waals surface area contributed by atoms with Gasteiger partial charge < -0.3 is 10.6 Å². The first kappa shape index (κ1) is 22.9. The van der Waals surface area contributed by atoms with E-state index in [2.05, 4.69) is 15.6 Å². The fourth-order valence-corrected chi connectivity index (χ4v) is 5.05. The molecule has 0 spiro atoms. The van der Waals surface area contributed by atoms with E-state index in [1.807, 2.05) is 0 Å². The molecule has 0 bridgehead atoms. The zero-order valence-electron chi connectivity index (χ0n) is 17.6. The van der Waals surface area contributed by atoms with Crippen LogP contribution in [0.15, 0.2) is 53.7 Å². The van der Waals surface area contributed by atoms with Crippen molar-refractivity contribution >= 4 is 21.8 Å². The van der Waals surface area contributed by atoms with Crippen molar-refractivity contribution < 1.29 is 18.0 Å². The van der Waals surface area contributed by atoms with Gasteiger partial charge in [0.25, 0.3) is 11.8 Å². The van der Waals surface area contributed by atoms with E-state index in [1.54, 1.807) is 25.4 Å². The van der Waals surface area contributed by atoms with Gasteiger partial charge in [0.2, 0.25) is 10.0 Å². The lowest BCUT2D eigenvalue weighted by Crippen LogP contribution is -2.38. The predicted molar refractivity (Wildman–Crippen MR) is 117 cm³/mol. The highest BCUT2D eigenvalue weighted by Gasteiger charge is 2.29. The van der Waals surface area contributed by atoms with Crippen LogP contribution in [0.25, 0.3) is 0 Å². The number of aromatic nitrogens is 1. The topological polar surface area (TPSA) is 108 Å². The van der Waals surface area contributed by atoms with E-state index in [-0.39, 0.29) is 35.8 Å². The molecule has 1 aromatic carbocycles. The van der Waals surface area contributed by atoms with Crippen LogP contribution in [0.1, 0.15) is 52.8 Å². The Labute approximate surface area is 183 Å². The molecule has 1 aliphatic carbocycles. The summed E-state index contributed by atoms with van der Waals surface area (Å²) in [5.74, 6) is -0.598. The molecule has 9 heteroatoms. The molecule has 0 radical (unpaired) electrons. The molecule has 166 valence electrons. The van der Waals surface area contributed by atoms with Crippen molar-refractivity contribution in [1.82, 2.24) is 19.9 Å². The van der Waals surface area contributed by atoms with Crippen molar-refractivity contribution in [3.05, 3.63) is 59.9 Å². The normalized spacial score (nSPS) is 14.9. The maximum Gasteiger partial charge on any atom is 0.252 e. The highest BCUT2D eigenvalue weighted by molar-refractivity contribution is 7.89. The molecule has 1 saturated carbocycles. The lowest BCUT2D eigenvalue weighted by atomic mass is 9.96. The van der Waals surface area contributed by atoms with E-state index in [9.17, 15) is 18.0 Å². The molecule has 0 aliphatic heterocycles. The van der Waals surface area contributed by atoms with Crippen LogP contribution in [-0.4, -0.2) is 55.7 Å². The number of nitrogens with one attached hydrogen (secondary N) is 2. The fraction of sp³-hybridized carbons (Fsp3) is 0.409. The lowest BCUT2D eigenvalue weighted by molar-refractivity contribution is 0.0927. The van der Waals surface area contributed by atoms with Gasteiger partial charge in [0.15, 0.2) is 0 Å². The number of sulfonamides is 1. The molecule has 2 aromatic rings. The minimum absolute atomic E-state index is 0.0311. The first-order valence-corrected chi connectivity index (χ1v) is 11.9. The molecule has 31 heavy (non-hydrogen) atoms. The molecule has 0 atom stereocenters. The first-order valence-electron chi connectivity index (χ1n) is 10.4. The highest BCUT2D eigenvalue weighted by atomic mass is 32.2. The lowest BCUT2D eigenvalue weighted by Gasteiger charge is -2.30. The number of pyridine rings is 1. The average Bonchev–Trinajstić information content (AvgIpc) is 2.82. The van der Waals surface area contributed by atoms with Crippen molar-refractivity contribution in [2.24, 2.45) is 0 Å². The van der Waals surface area contributed by atoms with Crippen molar-refractivity contribution in [1.29, 1.82) is 0 Å². The first-order chi connectivity index (χ1) is 14.9. The van der Waals surface area contributed by atoms with E-state index in [1.165, 1.54) is 34.8 Å². The minimum Gasteiger partial charge on any atom is -0.350 e. The second-order valence-electron chi connectivity index (χ2n) is 7.59. The van der Waals surface area contributed by atoms with Gasteiger partial charge in [0.1, 0.15) is 0 Å². The van der Waals surface area contributed by atoms with Crippen LogP contribution in [-0.2, 0) is 10.0 Å². The SMILES string of the molecule is CN(C1CCCCC1)S(=O)(=O)c1ccc(C(=O)NCCNC(=O)c2cccnc2)cc1. The van der Waals surface area contributed by atoms with Crippen LogP contribution in [0.2, 0.25) is 0 Å². The average molecular weight is 445 g/mol. The molecule has 1 fully saturated rings. The number of amides is 2. The molecule has 0 saturated heterocycles. The summed E-state index contributed by atoms with van der Waals surface area (Å²) < 4.78 is 27.2. The highest BCUT2D eigenvalue weighted by Crippen LogP contribution is 2.26. The van der Waals surface area contributed by atoms with Crippen LogP contribution < -0.4 is 10.6 Å². The van der Waals surface area contributed by atoms with Gasteiger partial charge in [-0.3, -0.25) is 14.6 Å². The van der Waals surface area contributed by atoms with Crippen molar-refractivity contribution in [2.75, 3.05) is 20.1 Å². The zero-order valence-corrected chi connectivity index (χ0v) is 18.4. The Kier molecular flexibility index (Phi) is 7.75. The molecule has 0 unspecified atom stereocenters. The van der Waals surface area contributed by atoms with Gasteiger partial charge >= 0.3 is 0 Å². The fourth-order valence-electron chi connectivity index (χ4n) is 3.64. The minimum atomic E-state index is -3.59. The van der Waals surface area contributed by atoms with Gasteiger partial charge in [-0.25, -0.2) is 8.42 Å². The summed E-state index contributed by atoms with van der Waals surface area (Å²) in [6, 6.07) is 9.30. The Hall–Kier alpha value is -2.78. The number of benzene rings is 1. The molecule has 3 rings (SSSR count). The zero-order chi connectivity index (χ0) is 22.3. The van der Waals surface area contributed by atoms with Crippen LogP contribution in [0, 0.1) is 0 Å². The van der Waals surface area contributed by atoms with E-state index in [0.717, 1.165) is 32.1 Å². The van der Waals surface area contributed by atoms with E-state index < -0.39 is 10.0 Å². The molecule has 8 nitrogen and oxygen atoms in total.